The number of carbonyl (C=O) groups excluding carboxylic acids is 1. The molecule has 0 unspecified atom stereocenters. The van der Waals surface area contributed by atoms with E-state index in [1.54, 1.807) is 0 Å². The van der Waals surface area contributed by atoms with Gasteiger partial charge in [0.2, 0.25) is 5.95 Å². The Morgan fingerprint density at radius 3 is 2.65 bits per heavy atom. The third-order valence-electron chi connectivity index (χ3n) is 2.46. The summed E-state index contributed by atoms with van der Waals surface area (Å²) in [5, 5.41) is -0.0516. The molecular weight excluding hydrogens is 308 g/mol. The number of methoxy groups -OCH3 is 1. The number of aromatic nitrogens is 2. The minimum Gasteiger partial charge on any atom is -0.464 e. The van der Waals surface area contributed by atoms with E-state index in [1.807, 2.05) is 0 Å². The lowest BCUT2D eigenvalue weighted by Crippen LogP contribution is -2.08. The summed E-state index contributed by atoms with van der Waals surface area (Å²) < 4.78 is 18.3. The van der Waals surface area contributed by atoms with Crippen LogP contribution in [0.2, 0.25) is 10.2 Å². The Morgan fingerprint density at radius 1 is 1.35 bits per heavy atom. The van der Waals surface area contributed by atoms with Gasteiger partial charge in [-0.05, 0) is 18.2 Å². The Balaban J connectivity index is 2.63. The molecule has 0 bridgehead atoms. The van der Waals surface area contributed by atoms with Gasteiger partial charge in [0.25, 0.3) is 0 Å². The number of rotatable bonds is 2. The summed E-state index contributed by atoms with van der Waals surface area (Å²) in [5.74, 6) is -1.60. The zero-order valence-corrected chi connectivity index (χ0v) is 11.7. The monoisotopic (exact) mass is 315 g/mol. The second kappa shape index (κ2) is 5.60. The Hall–Kier alpha value is -1.92. The summed E-state index contributed by atoms with van der Waals surface area (Å²) in [5.41, 5.74) is 5.71. The Labute approximate surface area is 123 Å². The molecule has 0 spiro atoms. The Kier molecular flexibility index (Phi) is 4.06. The van der Waals surface area contributed by atoms with E-state index in [0.717, 1.165) is 0 Å². The van der Waals surface area contributed by atoms with Gasteiger partial charge < -0.3 is 10.5 Å². The number of halogens is 3. The van der Waals surface area contributed by atoms with Gasteiger partial charge >= 0.3 is 5.97 Å². The third kappa shape index (κ3) is 2.66. The highest BCUT2D eigenvalue weighted by Gasteiger charge is 2.19. The van der Waals surface area contributed by atoms with E-state index in [0.29, 0.717) is 0 Å². The maximum Gasteiger partial charge on any atom is 0.358 e. The van der Waals surface area contributed by atoms with Crippen molar-refractivity contribution in [2.45, 2.75) is 0 Å². The molecule has 2 heterocycles. The molecule has 0 aliphatic heterocycles. The standard InChI is InChI=1S/C12H8Cl2FN3O2/c1-20-12(19)10-9(14)6(16)4-7(17-10)5-2-3-8(13)18-11(5)15/h2-4H,1H3,(H2,16,17). The molecule has 0 aliphatic carbocycles. The zero-order valence-electron chi connectivity index (χ0n) is 10.2. The number of carbonyl (C=O) groups is 1. The van der Waals surface area contributed by atoms with Crippen LogP contribution in [0.4, 0.5) is 10.1 Å². The van der Waals surface area contributed by atoms with Crippen molar-refractivity contribution >= 4 is 34.9 Å². The predicted molar refractivity (Wildman–Crippen MR) is 73.2 cm³/mol. The lowest BCUT2D eigenvalue weighted by atomic mass is 10.1. The maximum absolute atomic E-state index is 13.8. The van der Waals surface area contributed by atoms with Crippen molar-refractivity contribution in [1.82, 2.24) is 9.97 Å². The average Bonchev–Trinajstić information content (AvgIpc) is 2.41. The molecule has 0 aliphatic rings. The Morgan fingerprint density at radius 2 is 2.05 bits per heavy atom. The van der Waals surface area contributed by atoms with Gasteiger partial charge in [-0.15, -0.1) is 0 Å². The largest absolute Gasteiger partial charge is 0.464 e. The molecule has 0 fully saturated rings. The van der Waals surface area contributed by atoms with Crippen molar-refractivity contribution in [2.75, 3.05) is 12.8 Å². The molecule has 0 atom stereocenters. The number of hydrogen-bond donors (Lipinski definition) is 1. The molecule has 0 saturated heterocycles. The van der Waals surface area contributed by atoms with Gasteiger partial charge in [-0.3, -0.25) is 0 Å². The highest BCUT2D eigenvalue weighted by Crippen LogP contribution is 2.29. The number of anilines is 1. The van der Waals surface area contributed by atoms with Gasteiger partial charge in [0, 0.05) is 0 Å². The normalized spacial score (nSPS) is 10.4. The van der Waals surface area contributed by atoms with Crippen molar-refractivity contribution in [1.29, 1.82) is 0 Å². The molecule has 104 valence electrons. The van der Waals surface area contributed by atoms with Gasteiger partial charge in [0.15, 0.2) is 5.69 Å². The lowest BCUT2D eigenvalue weighted by Gasteiger charge is -2.08. The molecule has 2 aromatic rings. The molecule has 2 rings (SSSR count). The van der Waals surface area contributed by atoms with E-state index in [4.69, 9.17) is 28.9 Å². The number of esters is 1. The van der Waals surface area contributed by atoms with Crippen molar-refractivity contribution in [3.8, 4) is 11.3 Å². The summed E-state index contributed by atoms with van der Waals surface area (Å²) in [6.07, 6.45) is 0. The molecule has 2 aromatic heterocycles. The van der Waals surface area contributed by atoms with Crippen LogP contribution in [-0.2, 0) is 4.74 Å². The summed E-state index contributed by atoms with van der Waals surface area (Å²) in [4.78, 5) is 19.0. The highest BCUT2D eigenvalue weighted by atomic mass is 35.5. The molecule has 0 aromatic carbocycles. The molecule has 20 heavy (non-hydrogen) atoms. The number of ether oxygens (including phenoxy) is 1. The van der Waals surface area contributed by atoms with Crippen LogP contribution in [0.1, 0.15) is 10.5 Å². The average molecular weight is 316 g/mol. The van der Waals surface area contributed by atoms with Crippen LogP contribution in [0.5, 0.6) is 0 Å². The molecule has 8 heteroatoms. The van der Waals surface area contributed by atoms with Crippen molar-refractivity contribution < 1.29 is 13.9 Å². The summed E-state index contributed by atoms with van der Waals surface area (Å²) in [6, 6.07) is 4.11. The molecule has 2 N–H and O–H groups in total. The molecule has 0 amide bonds. The SMILES string of the molecule is COC(=O)c1nc(-c2ccc(Cl)nc2F)cc(N)c1Cl. The van der Waals surface area contributed by atoms with Gasteiger partial charge in [-0.1, -0.05) is 23.2 Å². The van der Waals surface area contributed by atoms with Crippen LogP contribution in [0.3, 0.4) is 0 Å². The van der Waals surface area contributed by atoms with Crippen molar-refractivity contribution in [2.24, 2.45) is 0 Å². The number of hydrogen-bond acceptors (Lipinski definition) is 5. The zero-order chi connectivity index (χ0) is 14.9. The predicted octanol–water partition coefficient (Wildman–Crippen LogP) is 2.96. The molecule has 0 radical (unpaired) electrons. The third-order valence-corrected chi connectivity index (χ3v) is 3.06. The summed E-state index contributed by atoms with van der Waals surface area (Å²) in [6.45, 7) is 0. The number of nitrogens with two attached hydrogens (primary N) is 1. The molecule has 5 nitrogen and oxygen atoms in total. The highest BCUT2D eigenvalue weighted by molar-refractivity contribution is 6.35. The first-order valence-electron chi connectivity index (χ1n) is 5.30. The van der Waals surface area contributed by atoms with Crippen LogP contribution < -0.4 is 5.73 Å². The van der Waals surface area contributed by atoms with Gasteiger partial charge in [-0.25, -0.2) is 14.8 Å². The quantitative estimate of drug-likeness (QED) is 0.681. The van der Waals surface area contributed by atoms with Gasteiger partial charge in [0.1, 0.15) is 5.15 Å². The first-order chi connectivity index (χ1) is 9.43. The van der Waals surface area contributed by atoms with Crippen LogP contribution in [0, 0.1) is 5.95 Å². The van der Waals surface area contributed by atoms with Gasteiger partial charge in [0.05, 0.1) is 29.1 Å². The van der Waals surface area contributed by atoms with E-state index in [2.05, 4.69) is 14.7 Å². The van der Waals surface area contributed by atoms with E-state index < -0.39 is 11.9 Å². The minimum absolute atomic E-state index is 0.00127. The van der Waals surface area contributed by atoms with Crippen molar-refractivity contribution in [3.05, 3.63) is 40.0 Å². The van der Waals surface area contributed by atoms with Gasteiger partial charge in [-0.2, -0.15) is 4.39 Å². The number of nitrogens with zero attached hydrogens (tertiary/aromatic N) is 2. The smallest absolute Gasteiger partial charge is 0.358 e. The van der Waals surface area contributed by atoms with Crippen LogP contribution in [0.25, 0.3) is 11.3 Å². The van der Waals surface area contributed by atoms with E-state index in [9.17, 15) is 9.18 Å². The van der Waals surface area contributed by atoms with E-state index in [-0.39, 0.29) is 32.8 Å². The van der Waals surface area contributed by atoms with Crippen LogP contribution in [0.15, 0.2) is 18.2 Å². The molecular formula is C12H8Cl2FN3O2. The fourth-order valence-electron chi connectivity index (χ4n) is 1.52. The fourth-order valence-corrected chi connectivity index (χ4v) is 1.83. The van der Waals surface area contributed by atoms with Crippen LogP contribution >= 0.6 is 23.2 Å². The summed E-state index contributed by atoms with van der Waals surface area (Å²) >= 11 is 11.4. The van der Waals surface area contributed by atoms with E-state index >= 15 is 0 Å². The number of nitrogen functional groups attached to an aromatic ring is 1. The maximum atomic E-state index is 13.8. The van der Waals surface area contributed by atoms with Crippen molar-refractivity contribution in [3.63, 3.8) is 0 Å². The van der Waals surface area contributed by atoms with E-state index in [1.165, 1.54) is 25.3 Å². The fraction of sp³-hybridized carbons (Fsp3) is 0.0833. The minimum atomic E-state index is -0.831. The summed E-state index contributed by atoms with van der Waals surface area (Å²) in [7, 11) is 1.17. The topological polar surface area (TPSA) is 78.1 Å². The second-order valence-corrected chi connectivity index (χ2v) is 4.49. The molecule has 0 saturated carbocycles. The first kappa shape index (κ1) is 14.5. The first-order valence-corrected chi connectivity index (χ1v) is 6.06. The Bertz CT molecular complexity index is 695. The number of pyridine rings is 2. The lowest BCUT2D eigenvalue weighted by molar-refractivity contribution is 0.0594. The second-order valence-electron chi connectivity index (χ2n) is 3.72. The van der Waals surface area contributed by atoms with Crippen LogP contribution in [-0.4, -0.2) is 23.0 Å².